The van der Waals surface area contributed by atoms with Crippen LogP contribution < -0.4 is 0 Å². The number of unbranched alkanes of at least 4 members (excludes halogenated alkanes) is 9. The zero-order chi connectivity index (χ0) is 18.8. The third-order valence-electron chi connectivity index (χ3n) is 3.77. The predicted octanol–water partition coefficient (Wildman–Crippen LogP) is 4.93. The second-order valence-electron chi connectivity index (χ2n) is 6.09. The van der Waals surface area contributed by atoms with Crippen LogP contribution in [0.15, 0.2) is 35.2 Å². The summed E-state index contributed by atoms with van der Waals surface area (Å²) >= 11 is 0. The van der Waals surface area contributed by atoms with Crippen molar-refractivity contribution in [2.24, 2.45) is 0 Å². The van der Waals surface area contributed by atoms with Crippen LogP contribution >= 0.6 is 0 Å². The van der Waals surface area contributed by atoms with Gasteiger partial charge in [-0.25, -0.2) is 0 Å². The van der Waals surface area contributed by atoms with Gasteiger partial charge in [-0.2, -0.15) is 8.42 Å². The zero-order valence-electron chi connectivity index (χ0n) is 17.0. The normalized spacial score (nSPS) is 10.6. The van der Waals surface area contributed by atoms with E-state index in [0.717, 1.165) is 12.8 Å². The molecule has 0 saturated heterocycles. The van der Waals surface area contributed by atoms with Gasteiger partial charge in [0, 0.05) is 36.2 Å². The van der Waals surface area contributed by atoms with Gasteiger partial charge in [0.2, 0.25) is 0 Å². The molecule has 0 aliphatic carbocycles. The van der Waals surface area contributed by atoms with E-state index in [-0.39, 0.29) is 47.7 Å². The summed E-state index contributed by atoms with van der Waals surface area (Å²) in [4.78, 5) is 0.238. The van der Waals surface area contributed by atoms with Crippen molar-refractivity contribution < 1.29 is 17.7 Å². The molecule has 1 radical (unpaired) electrons. The molecule has 0 heterocycles. The Bertz CT molecular complexity index is 492. The van der Waals surface area contributed by atoms with E-state index < -0.39 is 10.1 Å². The van der Waals surface area contributed by atoms with E-state index in [0.29, 0.717) is 0 Å². The van der Waals surface area contributed by atoms with Gasteiger partial charge in [0.05, 0.1) is 11.5 Å². The summed E-state index contributed by atoms with van der Waals surface area (Å²) in [5.74, 6) is 0. The molecule has 0 bridgehead atoms. The Hall–Kier alpha value is 0.0900. The smallest absolute Gasteiger partial charge is 0.296 e. The third kappa shape index (κ3) is 16.3. The SMILES string of the molecule is CCCCCCCCCCCCOS(=O)(=O)c1ccccc1.CCO.[Na]. The maximum atomic E-state index is 11.9. The van der Waals surface area contributed by atoms with Crippen molar-refractivity contribution in [3.63, 3.8) is 0 Å². The van der Waals surface area contributed by atoms with Gasteiger partial charge < -0.3 is 5.11 Å². The van der Waals surface area contributed by atoms with Crippen LogP contribution in [-0.2, 0) is 14.3 Å². The number of aliphatic hydroxyl groups excluding tert-OH is 1. The first-order valence-electron chi connectivity index (χ1n) is 9.63. The number of rotatable bonds is 13. The van der Waals surface area contributed by atoms with E-state index in [4.69, 9.17) is 9.29 Å². The van der Waals surface area contributed by atoms with Gasteiger partial charge in [0.1, 0.15) is 0 Å². The molecular formula is C20H36NaO4S. The summed E-state index contributed by atoms with van der Waals surface area (Å²) in [7, 11) is -3.57. The van der Waals surface area contributed by atoms with Gasteiger partial charge in [-0.15, -0.1) is 0 Å². The van der Waals surface area contributed by atoms with E-state index in [1.165, 1.54) is 51.4 Å². The first-order valence-corrected chi connectivity index (χ1v) is 11.0. The maximum absolute atomic E-state index is 11.9. The van der Waals surface area contributed by atoms with Gasteiger partial charge in [0.15, 0.2) is 0 Å². The van der Waals surface area contributed by atoms with Crippen LogP contribution in [0.4, 0.5) is 0 Å². The summed E-state index contributed by atoms with van der Waals surface area (Å²) in [5.41, 5.74) is 0. The summed E-state index contributed by atoms with van der Waals surface area (Å²) in [6, 6.07) is 8.33. The molecule has 0 aromatic heterocycles. The Labute approximate surface area is 183 Å². The van der Waals surface area contributed by atoms with Crippen molar-refractivity contribution >= 4 is 39.7 Å². The number of benzene rings is 1. The van der Waals surface area contributed by atoms with E-state index in [9.17, 15) is 8.42 Å². The maximum Gasteiger partial charge on any atom is 0.296 e. The summed E-state index contributed by atoms with van der Waals surface area (Å²) < 4.78 is 28.8. The van der Waals surface area contributed by atoms with Crippen LogP contribution in [0.1, 0.15) is 78.1 Å². The molecule has 0 aliphatic heterocycles. The number of hydrogen-bond acceptors (Lipinski definition) is 4. The van der Waals surface area contributed by atoms with Gasteiger partial charge in [-0.05, 0) is 25.5 Å². The quantitative estimate of drug-likeness (QED) is 0.292. The van der Waals surface area contributed by atoms with Gasteiger partial charge in [-0.3, -0.25) is 4.18 Å². The molecule has 0 unspecified atom stereocenters. The Kier molecular flexibility index (Phi) is 21.6. The molecule has 1 rings (SSSR count). The number of hydrogen-bond donors (Lipinski definition) is 1. The van der Waals surface area contributed by atoms with Crippen LogP contribution in [0.2, 0.25) is 0 Å². The molecule has 0 atom stereocenters. The van der Waals surface area contributed by atoms with Gasteiger partial charge in [-0.1, -0.05) is 82.9 Å². The zero-order valence-corrected chi connectivity index (χ0v) is 19.8. The average molecular weight is 396 g/mol. The topological polar surface area (TPSA) is 63.6 Å². The predicted molar refractivity (Wildman–Crippen MR) is 110 cm³/mol. The van der Waals surface area contributed by atoms with E-state index >= 15 is 0 Å². The van der Waals surface area contributed by atoms with Crippen LogP contribution in [0.3, 0.4) is 0 Å². The molecule has 1 N–H and O–H groups in total. The molecule has 147 valence electrons. The largest absolute Gasteiger partial charge is 0.397 e. The minimum absolute atomic E-state index is 0. The van der Waals surface area contributed by atoms with Crippen LogP contribution in [-0.4, -0.2) is 56.3 Å². The van der Waals surface area contributed by atoms with Crippen LogP contribution in [0, 0.1) is 0 Å². The molecule has 1 aromatic carbocycles. The first-order chi connectivity index (χ1) is 12.1. The molecule has 1 aromatic rings. The first kappa shape index (κ1) is 28.3. The molecule has 6 heteroatoms. The second kappa shape index (κ2) is 19.8. The Morgan fingerprint density at radius 2 is 1.23 bits per heavy atom. The molecule has 0 saturated carbocycles. The van der Waals surface area contributed by atoms with Crippen LogP contribution in [0.5, 0.6) is 0 Å². The fourth-order valence-corrected chi connectivity index (χ4v) is 3.38. The standard InChI is InChI=1S/C18H30O3S.C2H6O.Na/c1-2-3-4-5-6-7-8-9-10-14-17-21-22(19,20)18-15-12-11-13-16-18;1-2-3;/h11-13,15-16H,2-10,14,17H2,1H3;3H,2H2,1H3;. The average Bonchev–Trinajstić information content (AvgIpc) is 2.61. The van der Waals surface area contributed by atoms with E-state index in [2.05, 4.69) is 6.92 Å². The summed E-state index contributed by atoms with van der Waals surface area (Å²) in [6.07, 6.45) is 12.3. The Balaban J connectivity index is 0. The summed E-state index contributed by atoms with van der Waals surface area (Å²) in [6.45, 7) is 4.45. The van der Waals surface area contributed by atoms with E-state index in [1.807, 2.05) is 0 Å². The van der Waals surface area contributed by atoms with Crippen LogP contribution in [0.25, 0.3) is 0 Å². The van der Waals surface area contributed by atoms with Crippen molar-refractivity contribution in [1.29, 1.82) is 0 Å². The monoisotopic (exact) mass is 395 g/mol. The fourth-order valence-electron chi connectivity index (χ4n) is 2.41. The Morgan fingerprint density at radius 1 is 0.808 bits per heavy atom. The number of aliphatic hydroxyl groups is 1. The molecule has 4 nitrogen and oxygen atoms in total. The summed E-state index contributed by atoms with van der Waals surface area (Å²) in [5, 5.41) is 7.57. The van der Waals surface area contributed by atoms with Crippen molar-refractivity contribution in [2.45, 2.75) is 83.0 Å². The molecule has 26 heavy (non-hydrogen) atoms. The van der Waals surface area contributed by atoms with Crippen molar-refractivity contribution in [3.05, 3.63) is 30.3 Å². The molecule has 0 amide bonds. The third-order valence-corrected chi connectivity index (χ3v) is 5.09. The molecule has 0 aliphatic rings. The molecular weight excluding hydrogens is 359 g/mol. The minimum Gasteiger partial charge on any atom is -0.397 e. The van der Waals surface area contributed by atoms with Gasteiger partial charge >= 0.3 is 0 Å². The molecule has 0 fully saturated rings. The van der Waals surface area contributed by atoms with Crippen molar-refractivity contribution in [1.82, 2.24) is 0 Å². The fraction of sp³-hybridized carbons (Fsp3) is 0.700. The molecule has 0 spiro atoms. The minimum atomic E-state index is -3.57. The second-order valence-corrected chi connectivity index (χ2v) is 7.70. The van der Waals surface area contributed by atoms with Crippen molar-refractivity contribution in [2.75, 3.05) is 13.2 Å². The van der Waals surface area contributed by atoms with E-state index in [1.54, 1.807) is 37.3 Å². The van der Waals surface area contributed by atoms with Crippen molar-refractivity contribution in [3.8, 4) is 0 Å². The van der Waals surface area contributed by atoms with Gasteiger partial charge in [0.25, 0.3) is 10.1 Å². The Morgan fingerprint density at radius 3 is 1.69 bits per heavy atom.